The van der Waals surface area contributed by atoms with Gasteiger partial charge in [0, 0.05) is 12.5 Å². The maximum atomic E-state index is 12.8. The van der Waals surface area contributed by atoms with Crippen molar-refractivity contribution < 1.29 is 18.3 Å². The highest BCUT2D eigenvalue weighted by Crippen LogP contribution is 2.43. The molecule has 0 bridgehead atoms. The molecule has 1 aliphatic carbocycles. The van der Waals surface area contributed by atoms with Gasteiger partial charge in [0.1, 0.15) is 0 Å². The van der Waals surface area contributed by atoms with Crippen LogP contribution in [0.25, 0.3) is 0 Å². The summed E-state index contributed by atoms with van der Waals surface area (Å²) in [6.07, 6.45) is 4.64. The minimum absolute atomic E-state index is 0.319. The highest BCUT2D eigenvalue weighted by atomic mass is 35.5. The van der Waals surface area contributed by atoms with Crippen LogP contribution in [-0.2, 0) is 9.53 Å². The number of hydrogen-bond donors (Lipinski definition) is 0. The number of halogens is 3. The average molecular weight is 253 g/mol. The zero-order valence-electron chi connectivity index (χ0n) is 8.98. The van der Waals surface area contributed by atoms with Crippen LogP contribution >= 0.6 is 11.6 Å². The number of hydrogen-bond acceptors (Lipinski definition) is 2. The Hall–Kier alpha value is -0.220. The molecule has 2 nitrogen and oxygen atoms in total. The van der Waals surface area contributed by atoms with Gasteiger partial charge < -0.3 is 4.74 Å². The van der Waals surface area contributed by atoms with Crippen molar-refractivity contribution in [2.45, 2.75) is 49.5 Å². The molecule has 1 atom stereocenters. The number of carbonyl (C=O) groups is 1. The van der Waals surface area contributed by atoms with E-state index in [2.05, 4.69) is 0 Å². The maximum absolute atomic E-state index is 12.8. The molecule has 2 rings (SSSR count). The predicted molar refractivity (Wildman–Crippen MR) is 55.7 cm³/mol. The molecule has 5 heteroatoms. The molecule has 1 saturated carbocycles. The summed E-state index contributed by atoms with van der Waals surface area (Å²) in [4.78, 5) is 11.4. The van der Waals surface area contributed by atoms with Gasteiger partial charge in [-0.3, -0.25) is 4.79 Å². The third-order valence-corrected chi connectivity index (χ3v) is 3.84. The van der Waals surface area contributed by atoms with Crippen molar-refractivity contribution in [3.05, 3.63) is 0 Å². The van der Waals surface area contributed by atoms with Crippen LogP contribution in [0.2, 0.25) is 0 Å². The zero-order chi connectivity index (χ0) is 11.8. The molecule has 0 aromatic carbocycles. The molecule has 0 radical (unpaired) electrons. The van der Waals surface area contributed by atoms with Crippen LogP contribution in [-0.4, -0.2) is 23.4 Å². The Kier molecular flexibility index (Phi) is 3.23. The van der Waals surface area contributed by atoms with Gasteiger partial charge in [-0.05, 0) is 37.3 Å². The summed E-state index contributed by atoms with van der Waals surface area (Å²) in [5.41, 5.74) is -0.319. The number of Topliss-reactive ketones (excluding diaryl/α,β-unsaturated/α-hetero) is 1. The zero-order valence-corrected chi connectivity index (χ0v) is 9.73. The molecular formula is C11H15ClF2O2. The van der Waals surface area contributed by atoms with E-state index in [1.807, 2.05) is 0 Å². The van der Waals surface area contributed by atoms with Crippen molar-refractivity contribution in [1.29, 1.82) is 0 Å². The predicted octanol–water partition coefficient (Wildman–Crippen LogP) is 3.13. The van der Waals surface area contributed by atoms with E-state index in [9.17, 15) is 13.6 Å². The Balaban J connectivity index is 2.04. The minimum Gasteiger partial charge on any atom is -0.375 e. The lowest BCUT2D eigenvalue weighted by molar-refractivity contribution is -0.149. The van der Waals surface area contributed by atoms with Crippen LogP contribution in [0.5, 0.6) is 0 Å². The monoisotopic (exact) mass is 252 g/mol. The Morgan fingerprint density at radius 2 is 2.00 bits per heavy atom. The lowest BCUT2D eigenvalue weighted by Gasteiger charge is -2.38. The number of rotatable bonds is 2. The first kappa shape index (κ1) is 12.2. The summed E-state index contributed by atoms with van der Waals surface area (Å²) in [6.45, 7) is 0.392. The van der Waals surface area contributed by atoms with E-state index >= 15 is 0 Å². The molecule has 1 spiro atoms. The van der Waals surface area contributed by atoms with Gasteiger partial charge in [-0.25, -0.2) is 0 Å². The van der Waals surface area contributed by atoms with Gasteiger partial charge in [0.05, 0.1) is 5.60 Å². The second-order valence-corrected chi connectivity index (χ2v) is 5.27. The summed E-state index contributed by atoms with van der Waals surface area (Å²) in [5, 5.41) is -3.72. The van der Waals surface area contributed by atoms with Crippen LogP contribution in [0.15, 0.2) is 0 Å². The van der Waals surface area contributed by atoms with E-state index in [0.717, 1.165) is 25.7 Å². The van der Waals surface area contributed by atoms with Crippen molar-refractivity contribution in [2.24, 2.45) is 5.92 Å². The Morgan fingerprint density at radius 3 is 2.56 bits per heavy atom. The third-order valence-electron chi connectivity index (χ3n) is 3.66. The first-order valence-corrected chi connectivity index (χ1v) is 6.06. The van der Waals surface area contributed by atoms with Gasteiger partial charge in [-0.2, -0.15) is 8.78 Å². The van der Waals surface area contributed by atoms with E-state index in [1.54, 1.807) is 0 Å². The molecule has 0 aromatic heterocycles. The molecule has 2 aliphatic rings. The number of ether oxygens (including phenoxy) is 1. The van der Waals surface area contributed by atoms with E-state index in [0.29, 0.717) is 19.4 Å². The molecular weight excluding hydrogens is 238 g/mol. The summed E-state index contributed by atoms with van der Waals surface area (Å²) >= 11 is 4.79. The molecule has 0 N–H and O–H groups in total. The van der Waals surface area contributed by atoms with E-state index < -0.39 is 17.1 Å². The minimum atomic E-state index is -3.72. The summed E-state index contributed by atoms with van der Waals surface area (Å²) in [7, 11) is 0. The highest BCUT2D eigenvalue weighted by molar-refractivity contribution is 6.32. The Labute approximate surface area is 98.3 Å². The molecule has 1 unspecified atom stereocenters. The Morgan fingerprint density at radius 1 is 1.38 bits per heavy atom. The van der Waals surface area contributed by atoms with E-state index in [1.165, 1.54) is 0 Å². The summed E-state index contributed by atoms with van der Waals surface area (Å²) in [5.74, 6) is -1.77. The lowest BCUT2D eigenvalue weighted by Crippen LogP contribution is -2.43. The largest absolute Gasteiger partial charge is 0.380 e. The normalized spacial score (nSPS) is 29.6. The van der Waals surface area contributed by atoms with Gasteiger partial charge in [0.2, 0.25) is 5.78 Å². The highest BCUT2D eigenvalue weighted by Gasteiger charge is 2.47. The molecule has 1 aliphatic heterocycles. The fourth-order valence-corrected chi connectivity index (χ4v) is 3.01. The fourth-order valence-electron chi connectivity index (χ4n) is 2.85. The fraction of sp³-hybridized carbons (Fsp3) is 0.909. The standard InChI is InChI=1S/C11H15ClF2O2/c12-11(13,14)9(15)8-3-6-16-10(7-8)4-1-2-5-10/h8H,1-7H2. The topological polar surface area (TPSA) is 26.3 Å². The lowest BCUT2D eigenvalue weighted by atomic mass is 9.82. The van der Waals surface area contributed by atoms with Gasteiger partial charge in [0.15, 0.2) is 0 Å². The molecule has 16 heavy (non-hydrogen) atoms. The third kappa shape index (κ3) is 2.38. The number of ketones is 1. The molecule has 0 aromatic rings. The van der Waals surface area contributed by atoms with Crippen molar-refractivity contribution in [3.63, 3.8) is 0 Å². The van der Waals surface area contributed by atoms with Gasteiger partial charge >= 0.3 is 5.38 Å². The van der Waals surface area contributed by atoms with E-state index in [-0.39, 0.29) is 5.60 Å². The SMILES string of the molecule is O=C(C1CCOC2(CCCC2)C1)C(F)(F)Cl. The molecule has 0 amide bonds. The van der Waals surface area contributed by atoms with Gasteiger partial charge in [0.25, 0.3) is 0 Å². The van der Waals surface area contributed by atoms with Crippen LogP contribution in [0.1, 0.15) is 38.5 Å². The molecule has 2 fully saturated rings. The van der Waals surface area contributed by atoms with E-state index in [4.69, 9.17) is 16.3 Å². The van der Waals surface area contributed by atoms with Crippen molar-refractivity contribution in [1.82, 2.24) is 0 Å². The van der Waals surface area contributed by atoms with Crippen LogP contribution < -0.4 is 0 Å². The average Bonchev–Trinajstić information content (AvgIpc) is 2.64. The first-order chi connectivity index (χ1) is 7.43. The van der Waals surface area contributed by atoms with Gasteiger partial charge in [-0.1, -0.05) is 12.8 Å². The van der Waals surface area contributed by atoms with Crippen LogP contribution in [0.4, 0.5) is 8.78 Å². The first-order valence-electron chi connectivity index (χ1n) is 5.68. The van der Waals surface area contributed by atoms with Crippen molar-refractivity contribution in [3.8, 4) is 0 Å². The second kappa shape index (κ2) is 4.22. The molecule has 92 valence electrons. The molecule has 1 heterocycles. The molecule has 1 saturated heterocycles. The van der Waals surface area contributed by atoms with Gasteiger partial charge in [-0.15, -0.1) is 0 Å². The van der Waals surface area contributed by atoms with Crippen LogP contribution in [0, 0.1) is 5.92 Å². The maximum Gasteiger partial charge on any atom is 0.380 e. The number of alkyl halides is 3. The van der Waals surface area contributed by atoms with Crippen molar-refractivity contribution in [2.75, 3.05) is 6.61 Å². The summed E-state index contributed by atoms with van der Waals surface area (Å²) < 4.78 is 31.2. The quantitative estimate of drug-likeness (QED) is 0.706. The Bertz CT molecular complexity index is 282. The second-order valence-electron chi connectivity index (χ2n) is 4.79. The smallest absolute Gasteiger partial charge is 0.375 e. The van der Waals surface area contributed by atoms with Crippen LogP contribution in [0.3, 0.4) is 0 Å². The van der Waals surface area contributed by atoms with Crippen molar-refractivity contribution >= 4 is 17.4 Å². The number of carbonyl (C=O) groups excluding carboxylic acids is 1. The summed E-state index contributed by atoms with van der Waals surface area (Å²) in [6, 6.07) is 0.